The monoisotopic (exact) mass is 355 g/mol. The molecular weight excluding hydrogens is 338 g/mol. The molecule has 2 N–H and O–H groups in total. The second-order valence-electron chi connectivity index (χ2n) is 5.02. The zero-order valence-corrected chi connectivity index (χ0v) is 14.3. The number of hydrogen-bond acceptors (Lipinski definition) is 5. The third kappa shape index (κ3) is 4.65. The van der Waals surface area contributed by atoms with Crippen molar-refractivity contribution in [1.29, 1.82) is 0 Å². The second kappa shape index (κ2) is 6.62. The highest BCUT2D eigenvalue weighted by molar-refractivity contribution is 7.91. The van der Waals surface area contributed by atoms with Crippen molar-refractivity contribution in [2.45, 2.75) is 29.7 Å². The van der Waals surface area contributed by atoms with Crippen LogP contribution in [-0.2, 0) is 19.9 Å². The molecule has 0 unspecified atom stereocenters. The van der Waals surface area contributed by atoms with Gasteiger partial charge in [-0.15, -0.1) is 0 Å². The number of benzene rings is 1. The molecule has 0 radical (unpaired) electrons. The summed E-state index contributed by atoms with van der Waals surface area (Å²) < 4.78 is 50.0. The van der Waals surface area contributed by atoms with Gasteiger partial charge < -0.3 is 5.11 Å². The SMILES string of the molecule is CC(C)[C@@H](CO)NS(=O)(=O)c1cc(S(C)(=O)=O)ccc1Cl. The van der Waals surface area contributed by atoms with Crippen LogP contribution in [0.5, 0.6) is 0 Å². The number of aliphatic hydroxyl groups is 1. The summed E-state index contributed by atoms with van der Waals surface area (Å²) >= 11 is 5.86. The van der Waals surface area contributed by atoms with Crippen LogP contribution in [0.15, 0.2) is 28.0 Å². The fourth-order valence-corrected chi connectivity index (χ4v) is 4.19. The zero-order valence-electron chi connectivity index (χ0n) is 11.9. The summed E-state index contributed by atoms with van der Waals surface area (Å²) in [6, 6.07) is 2.78. The molecule has 1 aromatic rings. The molecule has 1 aromatic carbocycles. The lowest BCUT2D eigenvalue weighted by molar-refractivity contribution is 0.227. The van der Waals surface area contributed by atoms with Gasteiger partial charge in [-0.3, -0.25) is 0 Å². The van der Waals surface area contributed by atoms with Gasteiger partial charge in [0.1, 0.15) is 4.90 Å². The average Bonchev–Trinajstić information content (AvgIpc) is 2.34. The summed E-state index contributed by atoms with van der Waals surface area (Å²) in [7, 11) is -7.59. The van der Waals surface area contributed by atoms with Gasteiger partial charge in [0.25, 0.3) is 0 Å². The highest BCUT2D eigenvalue weighted by atomic mass is 35.5. The summed E-state index contributed by atoms with van der Waals surface area (Å²) in [5, 5.41) is 9.12. The minimum atomic E-state index is -4.04. The molecule has 21 heavy (non-hydrogen) atoms. The molecular formula is C12H18ClNO5S2. The largest absolute Gasteiger partial charge is 0.395 e. The molecule has 1 atom stereocenters. The van der Waals surface area contributed by atoms with E-state index < -0.39 is 25.9 Å². The number of nitrogens with one attached hydrogen (secondary N) is 1. The number of sulfone groups is 1. The van der Waals surface area contributed by atoms with Gasteiger partial charge in [0.15, 0.2) is 9.84 Å². The fraction of sp³-hybridized carbons (Fsp3) is 0.500. The highest BCUT2D eigenvalue weighted by Crippen LogP contribution is 2.25. The molecule has 6 nitrogen and oxygen atoms in total. The number of hydrogen-bond donors (Lipinski definition) is 2. The van der Waals surface area contributed by atoms with Crippen molar-refractivity contribution in [2.75, 3.05) is 12.9 Å². The molecule has 0 spiro atoms. The predicted octanol–water partition coefficient (Wildman–Crippen LogP) is 1.04. The Morgan fingerprint density at radius 1 is 1.24 bits per heavy atom. The number of rotatable bonds is 6. The smallest absolute Gasteiger partial charge is 0.242 e. The van der Waals surface area contributed by atoms with E-state index in [0.717, 1.165) is 12.3 Å². The first-order valence-corrected chi connectivity index (χ1v) is 9.87. The summed E-state index contributed by atoms with van der Waals surface area (Å²) in [6.07, 6.45) is 0.977. The molecule has 0 heterocycles. The molecule has 9 heteroatoms. The van der Waals surface area contributed by atoms with Gasteiger partial charge in [-0.2, -0.15) is 0 Å². The van der Waals surface area contributed by atoms with Crippen molar-refractivity contribution in [3.8, 4) is 0 Å². The van der Waals surface area contributed by atoms with E-state index in [1.54, 1.807) is 13.8 Å². The Labute approximate surface area is 130 Å². The first-order chi connectivity index (χ1) is 9.49. The average molecular weight is 356 g/mol. The summed E-state index contributed by atoms with van der Waals surface area (Å²) in [5.41, 5.74) is 0. The van der Waals surface area contributed by atoms with E-state index in [1.807, 2.05) is 0 Å². The molecule has 0 aliphatic heterocycles. The van der Waals surface area contributed by atoms with Crippen LogP contribution in [0.2, 0.25) is 5.02 Å². The highest BCUT2D eigenvalue weighted by Gasteiger charge is 2.25. The third-order valence-corrected chi connectivity index (χ3v) is 6.01. The van der Waals surface area contributed by atoms with Crippen molar-refractivity contribution < 1.29 is 21.9 Å². The summed E-state index contributed by atoms with van der Waals surface area (Å²) in [4.78, 5) is -0.469. The van der Waals surface area contributed by atoms with Gasteiger partial charge in [0, 0.05) is 12.3 Å². The van der Waals surface area contributed by atoms with Crippen molar-refractivity contribution in [1.82, 2.24) is 4.72 Å². The lowest BCUT2D eigenvalue weighted by atomic mass is 10.1. The standard InChI is InChI=1S/C12H18ClNO5S2/c1-8(2)11(7-15)14-21(18,19)12-6-9(20(3,16)17)4-5-10(12)13/h4-6,8,11,14-15H,7H2,1-3H3/t11-/m1/s1. The van der Waals surface area contributed by atoms with Crippen LogP contribution in [0.3, 0.4) is 0 Å². The normalized spacial score (nSPS) is 14.4. The van der Waals surface area contributed by atoms with Crippen LogP contribution in [0.4, 0.5) is 0 Å². The van der Waals surface area contributed by atoms with E-state index in [1.165, 1.54) is 12.1 Å². The van der Waals surface area contributed by atoms with Crippen molar-refractivity contribution in [3.63, 3.8) is 0 Å². The van der Waals surface area contributed by atoms with Gasteiger partial charge in [-0.25, -0.2) is 21.6 Å². The predicted molar refractivity (Wildman–Crippen MR) is 80.6 cm³/mol. The summed E-state index contributed by atoms with van der Waals surface area (Å²) in [5.74, 6) is -0.137. The first-order valence-electron chi connectivity index (χ1n) is 6.12. The van der Waals surface area contributed by atoms with Gasteiger partial charge in [0.05, 0.1) is 16.5 Å². The van der Waals surface area contributed by atoms with Crippen molar-refractivity contribution in [3.05, 3.63) is 23.2 Å². The molecule has 1 rings (SSSR count). The minimum Gasteiger partial charge on any atom is -0.395 e. The van der Waals surface area contributed by atoms with E-state index in [0.29, 0.717) is 0 Å². The molecule has 0 saturated carbocycles. The molecule has 0 bridgehead atoms. The molecule has 0 fully saturated rings. The molecule has 0 amide bonds. The van der Waals surface area contributed by atoms with Crippen LogP contribution in [-0.4, -0.2) is 40.8 Å². The van der Waals surface area contributed by atoms with Crippen LogP contribution >= 0.6 is 11.6 Å². The Morgan fingerprint density at radius 3 is 2.24 bits per heavy atom. The maximum absolute atomic E-state index is 12.3. The Kier molecular flexibility index (Phi) is 5.79. The lowest BCUT2D eigenvalue weighted by Crippen LogP contribution is -2.41. The van der Waals surface area contributed by atoms with Crippen molar-refractivity contribution >= 4 is 31.5 Å². The second-order valence-corrected chi connectivity index (χ2v) is 9.12. The Hall–Kier alpha value is -0.670. The van der Waals surface area contributed by atoms with Gasteiger partial charge in [-0.1, -0.05) is 25.4 Å². The molecule has 120 valence electrons. The van der Waals surface area contributed by atoms with E-state index in [2.05, 4.69) is 4.72 Å². The number of aliphatic hydroxyl groups excluding tert-OH is 1. The zero-order chi connectivity index (χ0) is 16.4. The van der Waals surface area contributed by atoms with E-state index in [4.69, 9.17) is 11.6 Å². The minimum absolute atomic E-state index is 0.0876. The van der Waals surface area contributed by atoms with Crippen molar-refractivity contribution in [2.24, 2.45) is 5.92 Å². The molecule has 0 aliphatic rings. The quantitative estimate of drug-likeness (QED) is 0.794. The van der Waals surface area contributed by atoms with E-state index in [9.17, 15) is 21.9 Å². The molecule has 0 aromatic heterocycles. The van der Waals surface area contributed by atoms with E-state index >= 15 is 0 Å². The fourth-order valence-electron chi connectivity index (χ4n) is 1.57. The van der Waals surface area contributed by atoms with Crippen LogP contribution in [0.1, 0.15) is 13.8 Å². The van der Waals surface area contributed by atoms with Crippen LogP contribution < -0.4 is 4.72 Å². The van der Waals surface area contributed by atoms with Gasteiger partial charge >= 0.3 is 0 Å². The topological polar surface area (TPSA) is 101 Å². The third-order valence-electron chi connectivity index (χ3n) is 2.93. The number of sulfonamides is 1. The van der Waals surface area contributed by atoms with Crippen LogP contribution in [0, 0.1) is 5.92 Å². The Morgan fingerprint density at radius 2 is 1.81 bits per heavy atom. The first kappa shape index (κ1) is 18.4. The van der Waals surface area contributed by atoms with E-state index in [-0.39, 0.29) is 27.3 Å². The maximum Gasteiger partial charge on any atom is 0.242 e. The lowest BCUT2D eigenvalue weighted by Gasteiger charge is -2.20. The van der Waals surface area contributed by atoms with Crippen LogP contribution in [0.25, 0.3) is 0 Å². The Balaban J connectivity index is 3.31. The Bertz CT molecular complexity index is 713. The summed E-state index contributed by atoms with van der Waals surface area (Å²) in [6.45, 7) is 3.12. The number of halogens is 1. The molecule has 0 saturated heterocycles. The van der Waals surface area contributed by atoms with Gasteiger partial charge in [-0.05, 0) is 24.1 Å². The van der Waals surface area contributed by atoms with Gasteiger partial charge in [0.2, 0.25) is 10.0 Å². The molecule has 0 aliphatic carbocycles. The maximum atomic E-state index is 12.3.